The largest absolute Gasteiger partial charge is 0.466 e. The fourth-order valence-corrected chi connectivity index (χ4v) is 1.66. The lowest BCUT2D eigenvalue weighted by Gasteiger charge is -2.28. The first kappa shape index (κ1) is 16.4. The van der Waals surface area contributed by atoms with Crippen LogP contribution in [0, 0.1) is 0 Å². The highest BCUT2D eigenvalue weighted by Crippen LogP contribution is 2.17. The van der Waals surface area contributed by atoms with E-state index < -0.39 is 0 Å². The Hall–Kier alpha value is -0.610. The molecule has 0 saturated heterocycles. The highest BCUT2D eigenvalue weighted by molar-refractivity contribution is 5.70. The van der Waals surface area contributed by atoms with Gasteiger partial charge in [-0.25, -0.2) is 0 Å². The zero-order valence-corrected chi connectivity index (χ0v) is 11.8. The molecular formula is C13H27NO3. The van der Waals surface area contributed by atoms with Crippen LogP contribution >= 0.6 is 0 Å². The average Bonchev–Trinajstić information content (AvgIpc) is 2.26. The third-order valence-corrected chi connectivity index (χ3v) is 2.69. The van der Waals surface area contributed by atoms with Crippen molar-refractivity contribution in [2.45, 2.75) is 58.6 Å². The van der Waals surface area contributed by atoms with Gasteiger partial charge in [-0.15, -0.1) is 0 Å². The van der Waals surface area contributed by atoms with Crippen molar-refractivity contribution in [3.8, 4) is 0 Å². The maximum absolute atomic E-state index is 11.5. The van der Waals surface area contributed by atoms with Crippen LogP contribution in [0.2, 0.25) is 0 Å². The summed E-state index contributed by atoms with van der Waals surface area (Å²) in [5.74, 6) is -0.145. The van der Waals surface area contributed by atoms with Crippen LogP contribution in [-0.4, -0.2) is 37.9 Å². The highest BCUT2D eigenvalue weighted by atomic mass is 16.5. The third kappa shape index (κ3) is 8.16. The topological polar surface area (TPSA) is 47.6 Å². The van der Waals surface area contributed by atoms with Crippen LogP contribution in [0.1, 0.15) is 47.0 Å². The van der Waals surface area contributed by atoms with Crippen molar-refractivity contribution in [3.05, 3.63) is 0 Å². The van der Waals surface area contributed by atoms with Gasteiger partial charge in [0, 0.05) is 13.2 Å². The van der Waals surface area contributed by atoms with Crippen LogP contribution in [0.15, 0.2) is 0 Å². The summed E-state index contributed by atoms with van der Waals surface area (Å²) in [6.45, 7) is 9.33. The maximum Gasteiger partial charge on any atom is 0.307 e. The second-order valence-electron chi connectivity index (χ2n) is 4.83. The van der Waals surface area contributed by atoms with Gasteiger partial charge in [-0.1, -0.05) is 6.92 Å². The Kier molecular flexibility index (Phi) is 8.17. The molecule has 0 spiro atoms. The second-order valence-corrected chi connectivity index (χ2v) is 4.83. The molecule has 17 heavy (non-hydrogen) atoms. The number of rotatable bonds is 9. The summed E-state index contributed by atoms with van der Waals surface area (Å²) in [7, 11) is 1.70. The second kappa shape index (κ2) is 8.48. The van der Waals surface area contributed by atoms with Crippen LogP contribution in [-0.2, 0) is 14.3 Å². The molecule has 0 radical (unpaired) electrons. The number of hydrogen-bond donors (Lipinski definition) is 1. The summed E-state index contributed by atoms with van der Waals surface area (Å²) in [6.07, 6.45) is 2.25. The van der Waals surface area contributed by atoms with Gasteiger partial charge in [0.1, 0.15) is 0 Å². The summed E-state index contributed by atoms with van der Waals surface area (Å²) in [5.41, 5.74) is -0.224. The van der Waals surface area contributed by atoms with Crippen LogP contribution in [0.3, 0.4) is 0 Å². The number of esters is 1. The summed E-state index contributed by atoms with van der Waals surface area (Å²) in [6, 6.07) is 0.115. The van der Waals surface area contributed by atoms with Crippen LogP contribution < -0.4 is 5.32 Å². The minimum Gasteiger partial charge on any atom is -0.466 e. The fraction of sp³-hybridized carbons (Fsp3) is 0.923. The fourth-order valence-electron chi connectivity index (χ4n) is 1.66. The molecule has 0 saturated carbocycles. The summed E-state index contributed by atoms with van der Waals surface area (Å²) >= 11 is 0. The van der Waals surface area contributed by atoms with Crippen molar-refractivity contribution in [1.29, 1.82) is 0 Å². The molecule has 0 aromatic carbocycles. The van der Waals surface area contributed by atoms with Crippen LogP contribution in [0.5, 0.6) is 0 Å². The van der Waals surface area contributed by atoms with Crippen molar-refractivity contribution >= 4 is 5.97 Å². The van der Waals surface area contributed by atoms with E-state index in [1.54, 1.807) is 7.11 Å². The van der Waals surface area contributed by atoms with Crippen LogP contribution in [0.25, 0.3) is 0 Å². The average molecular weight is 245 g/mol. The van der Waals surface area contributed by atoms with Crippen molar-refractivity contribution in [3.63, 3.8) is 0 Å². The van der Waals surface area contributed by atoms with Crippen molar-refractivity contribution in [2.75, 3.05) is 20.3 Å². The monoisotopic (exact) mass is 245 g/mol. The van der Waals surface area contributed by atoms with Gasteiger partial charge < -0.3 is 14.8 Å². The number of methoxy groups -OCH3 is 1. The first-order valence-corrected chi connectivity index (χ1v) is 6.39. The Morgan fingerprint density at radius 3 is 2.47 bits per heavy atom. The molecule has 0 aliphatic carbocycles. The molecule has 0 amide bonds. The van der Waals surface area contributed by atoms with E-state index >= 15 is 0 Å². The van der Waals surface area contributed by atoms with E-state index in [-0.39, 0.29) is 17.6 Å². The van der Waals surface area contributed by atoms with Gasteiger partial charge >= 0.3 is 5.97 Å². The van der Waals surface area contributed by atoms with E-state index in [0.717, 1.165) is 19.4 Å². The predicted molar refractivity (Wildman–Crippen MR) is 69.0 cm³/mol. The molecule has 1 atom stereocenters. The van der Waals surface area contributed by atoms with E-state index in [1.807, 2.05) is 20.8 Å². The van der Waals surface area contributed by atoms with Crippen molar-refractivity contribution in [1.82, 2.24) is 5.32 Å². The van der Waals surface area contributed by atoms with Gasteiger partial charge in [-0.05, 0) is 40.2 Å². The molecule has 1 unspecified atom stereocenters. The lowest BCUT2D eigenvalue weighted by atomic mass is 9.96. The Balaban J connectivity index is 4.27. The molecule has 4 nitrogen and oxygen atoms in total. The minimum atomic E-state index is -0.224. The van der Waals surface area contributed by atoms with Gasteiger partial charge in [0.2, 0.25) is 0 Å². The SMILES string of the molecule is CCCNC(CC(=O)OCC)CC(C)(C)OC. The van der Waals surface area contributed by atoms with Gasteiger partial charge in [-0.3, -0.25) is 4.79 Å². The number of nitrogens with one attached hydrogen (secondary N) is 1. The molecule has 0 aromatic rings. The molecule has 0 rings (SSSR count). The molecule has 4 heteroatoms. The first-order valence-electron chi connectivity index (χ1n) is 6.39. The highest BCUT2D eigenvalue weighted by Gasteiger charge is 2.24. The molecule has 0 fully saturated rings. The predicted octanol–water partition coefficient (Wildman–Crippen LogP) is 2.12. The van der Waals surface area contributed by atoms with E-state index in [0.29, 0.717) is 13.0 Å². The summed E-state index contributed by atoms with van der Waals surface area (Å²) in [5, 5.41) is 3.37. The molecule has 0 aliphatic heterocycles. The molecule has 102 valence electrons. The number of hydrogen-bond acceptors (Lipinski definition) is 4. The number of ether oxygens (including phenoxy) is 2. The molecule has 0 aromatic heterocycles. The quantitative estimate of drug-likeness (QED) is 0.632. The summed E-state index contributed by atoms with van der Waals surface area (Å²) in [4.78, 5) is 11.5. The van der Waals surface area contributed by atoms with Crippen LogP contribution in [0.4, 0.5) is 0 Å². The van der Waals surface area contributed by atoms with E-state index in [4.69, 9.17) is 9.47 Å². The minimum absolute atomic E-state index is 0.115. The molecule has 0 aliphatic rings. The zero-order chi connectivity index (χ0) is 13.3. The van der Waals surface area contributed by atoms with Gasteiger partial charge in [0.15, 0.2) is 0 Å². The smallest absolute Gasteiger partial charge is 0.307 e. The standard InChI is InChI=1S/C13H27NO3/c1-6-8-14-11(9-12(15)17-7-2)10-13(3,4)16-5/h11,14H,6-10H2,1-5H3. The van der Waals surface area contributed by atoms with Gasteiger partial charge in [0.25, 0.3) is 0 Å². The van der Waals surface area contributed by atoms with Gasteiger partial charge in [0.05, 0.1) is 18.6 Å². The normalized spacial score (nSPS) is 13.5. The molecule has 0 bridgehead atoms. The lowest BCUT2D eigenvalue weighted by molar-refractivity contribution is -0.144. The van der Waals surface area contributed by atoms with E-state index in [2.05, 4.69) is 12.2 Å². The van der Waals surface area contributed by atoms with E-state index in [1.165, 1.54) is 0 Å². The molecule has 0 heterocycles. The Morgan fingerprint density at radius 2 is 2.00 bits per heavy atom. The van der Waals surface area contributed by atoms with E-state index in [9.17, 15) is 4.79 Å². The number of carbonyl (C=O) groups is 1. The third-order valence-electron chi connectivity index (χ3n) is 2.69. The lowest BCUT2D eigenvalue weighted by Crippen LogP contribution is -2.39. The number of carbonyl (C=O) groups excluding carboxylic acids is 1. The Morgan fingerprint density at radius 1 is 1.35 bits per heavy atom. The van der Waals surface area contributed by atoms with Gasteiger partial charge in [-0.2, -0.15) is 0 Å². The molecular weight excluding hydrogens is 218 g/mol. The first-order chi connectivity index (χ1) is 7.95. The van der Waals surface area contributed by atoms with Crippen molar-refractivity contribution < 1.29 is 14.3 Å². The Labute approximate surface area is 105 Å². The van der Waals surface area contributed by atoms with Crippen molar-refractivity contribution in [2.24, 2.45) is 0 Å². The molecule has 1 N–H and O–H groups in total. The Bertz CT molecular complexity index is 217. The maximum atomic E-state index is 11.5. The summed E-state index contributed by atoms with van der Waals surface area (Å²) < 4.78 is 10.4. The zero-order valence-electron chi connectivity index (χ0n) is 11.8.